The highest BCUT2D eigenvalue weighted by Crippen LogP contribution is 2.31. The maximum absolute atomic E-state index is 10.0. The molecule has 2 N–H and O–H groups in total. The largest absolute Gasteiger partial charge is 0.508 e. The second kappa shape index (κ2) is 6.55. The molecule has 2 nitrogen and oxygen atoms in total. The Morgan fingerprint density at radius 3 is 2.79 bits per heavy atom. The van der Waals surface area contributed by atoms with Crippen molar-refractivity contribution in [3.05, 3.63) is 50.6 Å². The van der Waals surface area contributed by atoms with Crippen LogP contribution >= 0.6 is 27.3 Å². The molecule has 0 aliphatic heterocycles. The van der Waals surface area contributed by atoms with Crippen LogP contribution in [-0.2, 0) is 0 Å². The first kappa shape index (κ1) is 14.6. The van der Waals surface area contributed by atoms with Gasteiger partial charge in [0.1, 0.15) is 5.75 Å². The third kappa shape index (κ3) is 3.59. The average Bonchev–Trinajstić information content (AvgIpc) is 2.93. The molecule has 2 unspecified atom stereocenters. The molecule has 0 amide bonds. The molecule has 0 spiro atoms. The first-order chi connectivity index (χ1) is 9.11. The van der Waals surface area contributed by atoms with E-state index in [0.717, 1.165) is 16.5 Å². The first-order valence-electron chi connectivity index (χ1n) is 6.39. The van der Waals surface area contributed by atoms with E-state index in [1.54, 1.807) is 17.4 Å². The molecule has 2 aromatic rings. The molecular formula is C15H18BrNOS. The van der Waals surface area contributed by atoms with Crippen LogP contribution in [0.4, 0.5) is 0 Å². The van der Waals surface area contributed by atoms with Crippen molar-refractivity contribution >= 4 is 27.3 Å². The normalized spacial score (nSPS) is 14.3. The van der Waals surface area contributed by atoms with Gasteiger partial charge in [-0.15, -0.1) is 11.3 Å². The molecule has 19 heavy (non-hydrogen) atoms. The number of benzene rings is 1. The number of aromatic hydroxyl groups is 1. The summed E-state index contributed by atoms with van der Waals surface area (Å²) >= 11 is 5.21. The van der Waals surface area contributed by atoms with Gasteiger partial charge in [0.2, 0.25) is 0 Å². The molecule has 4 heteroatoms. The zero-order chi connectivity index (χ0) is 13.8. The van der Waals surface area contributed by atoms with Crippen molar-refractivity contribution in [2.45, 2.75) is 32.4 Å². The third-order valence-electron chi connectivity index (χ3n) is 3.19. The van der Waals surface area contributed by atoms with E-state index in [-0.39, 0.29) is 12.1 Å². The number of thiophene rings is 1. The van der Waals surface area contributed by atoms with Crippen molar-refractivity contribution in [3.63, 3.8) is 0 Å². The van der Waals surface area contributed by atoms with Crippen molar-refractivity contribution in [1.82, 2.24) is 5.32 Å². The van der Waals surface area contributed by atoms with Gasteiger partial charge in [-0.2, -0.15) is 0 Å². The fourth-order valence-electron chi connectivity index (χ4n) is 2.15. The van der Waals surface area contributed by atoms with Crippen LogP contribution in [0.25, 0.3) is 0 Å². The lowest BCUT2D eigenvalue weighted by atomic mass is 10.0. The van der Waals surface area contributed by atoms with Crippen molar-refractivity contribution in [1.29, 1.82) is 0 Å². The zero-order valence-electron chi connectivity index (χ0n) is 11.1. The van der Waals surface area contributed by atoms with E-state index >= 15 is 0 Å². The van der Waals surface area contributed by atoms with E-state index in [0.29, 0.717) is 5.75 Å². The fourth-order valence-corrected chi connectivity index (χ4v) is 3.28. The molecular weight excluding hydrogens is 322 g/mol. The summed E-state index contributed by atoms with van der Waals surface area (Å²) in [7, 11) is 0. The summed E-state index contributed by atoms with van der Waals surface area (Å²) in [6.45, 7) is 4.28. The van der Waals surface area contributed by atoms with Gasteiger partial charge in [-0.25, -0.2) is 0 Å². The Labute approximate surface area is 126 Å². The van der Waals surface area contributed by atoms with Crippen LogP contribution in [0.2, 0.25) is 0 Å². The maximum atomic E-state index is 10.0. The van der Waals surface area contributed by atoms with E-state index in [1.807, 2.05) is 12.1 Å². The molecule has 1 aromatic heterocycles. The minimum atomic E-state index is 0.148. The standard InChI is InChI=1S/C15H18BrNOS/c1-3-13(12-9-11(16)6-7-14(12)18)17-10(2)15-5-4-8-19-15/h4-10,13,17-18H,3H2,1-2H3. The third-order valence-corrected chi connectivity index (χ3v) is 4.74. The summed E-state index contributed by atoms with van der Waals surface area (Å²) in [6.07, 6.45) is 0.930. The van der Waals surface area contributed by atoms with E-state index in [4.69, 9.17) is 0 Å². The number of nitrogens with one attached hydrogen (secondary N) is 1. The maximum Gasteiger partial charge on any atom is 0.120 e. The van der Waals surface area contributed by atoms with Crippen LogP contribution in [-0.4, -0.2) is 5.11 Å². The Balaban J connectivity index is 2.18. The van der Waals surface area contributed by atoms with E-state index in [9.17, 15) is 5.11 Å². The summed E-state index contributed by atoms with van der Waals surface area (Å²) in [4.78, 5) is 1.31. The lowest BCUT2D eigenvalue weighted by Gasteiger charge is -2.23. The Morgan fingerprint density at radius 1 is 1.37 bits per heavy atom. The minimum absolute atomic E-state index is 0.148. The zero-order valence-corrected chi connectivity index (χ0v) is 13.5. The predicted molar refractivity (Wildman–Crippen MR) is 84.7 cm³/mol. The highest BCUT2D eigenvalue weighted by atomic mass is 79.9. The van der Waals surface area contributed by atoms with Crippen LogP contribution in [0.15, 0.2) is 40.2 Å². The molecule has 0 saturated carbocycles. The molecule has 1 heterocycles. The number of hydrogen-bond acceptors (Lipinski definition) is 3. The van der Waals surface area contributed by atoms with Crippen LogP contribution in [0.1, 0.15) is 42.8 Å². The second-order valence-corrected chi connectivity index (χ2v) is 6.46. The molecule has 0 fully saturated rings. The number of hydrogen-bond donors (Lipinski definition) is 2. The lowest BCUT2D eigenvalue weighted by Crippen LogP contribution is -2.23. The van der Waals surface area contributed by atoms with Gasteiger partial charge in [0.05, 0.1) is 0 Å². The predicted octanol–water partition coefficient (Wildman–Crippen LogP) is 5.02. The summed E-state index contributed by atoms with van der Waals surface area (Å²) in [5.41, 5.74) is 0.945. The summed E-state index contributed by atoms with van der Waals surface area (Å²) in [6, 6.07) is 10.2. The topological polar surface area (TPSA) is 32.3 Å². The Kier molecular flexibility index (Phi) is 5.02. The Hall–Kier alpha value is -0.840. The molecule has 0 saturated heterocycles. The van der Waals surface area contributed by atoms with Gasteiger partial charge >= 0.3 is 0 Å². The van der Waals surface area contributed by atoms with Crippen LogP contribution in [0.5, 0.6) is 5.75 Å². The Morgan fingerprint density at radius 2 is 2.16 bits per heavy atom. The fraction of sp³-hybridized carbons (Fsp3) is 0.333. The molecule has 102 valence electrons. The van der Waals surface area contributed by atoms with Crippen molar-refractivity contribution in [2.24, 2.45) is 0 Å². The summed E-state index contributed by atoms with van der Waals surface area (Å²) in [5, 5.41) is 15.7. The van der Waals surface area contributed by atoms with Gasteiger partial charge < -0.3 is 10.4 Å². The minimum Gasteiger partial charge on any atom is -0.508 e. The van der Waals surface area contributed by atoms with Crippen molar-refractivity contribution < 1.29 is 5.11 Å². The monoisotopic (exact) mass is 339 g/mol. The summed E-state index contributed by atoms with van der Waals surface area (Å²) < 4.78 is 0.990. The van der Waals surface area contributed by atoms with Crippen molar-refractivity contribution in [3.8, 4) is 5.75 Å². The van der Waals surface area contributed by atoms with Crippen LogP contribution in [0.3, 0.4) is 0 Å². The molecule has 2 atom stereocenters. The SMILES string of the molecule is CCC(NC(C)c1cccs1)c1cc(Br)ccc1O. The summed E-state index contributed by atoms with van der Waals surface area (Å²) in [5.74, 6) is 0.348. The number of halogens is 1. The first-order valence-corrected chi connectivity index (χ1v) is 8.07. The van der Waals surface area contributed by atoms with Gasteiger partial charge in [-0.05, 0) is 43.0 Å². The number of phenolic OH excluding ortho intramolecular Hbond substituents is 1. The van der Waals surface area contributed by atoms with Crippen molar-refractivity contribution in [2.75, 3.05) is 0 Å². The van der Waals surface area contributed by atoms with Gasteiger partial charge in [0.15, 0.2) is 0 Å². The Bertz CT molecular complexity index is 527. The highest BCUT2D eigenvalue weighted by Gasteiger charge is 2.17. The van der Waals surface area contributed by atoms with Crippen LogP contribution < -0.4 is 5.32 Å². The van der Waals surface area contributed by atoms with Gasteiger partial charge in [-0.3, -0.25) is 0 Å². The smallest absolute Gasteiger partial charge is 0.120 e. The molecule has 0 aliphatic carbocycles. The van der Waals surface area contributed by atoms with Gasteiger partial charge in [0, 0.05) is 27.0 Å². The molecule has 0 radical (unpaired) electrons. The quantitative estimate of drug-likeness (QED) is 0.801. The molecule has 2 rings (SSSR count). The number of rotatable bonds is 5. The average molecular weight is 340 g/mol. The molecule has 0 aliphatic rings. The highest BCUT2D eigenvalue weighted by molar-refractivity contribution is 9.10. The van der Waals surface area contributed by atoms with E-state index in [2.05, 4.69) is 52.6 Å². The second-order valence-electron chi connectivity index (χ2n) is 4.57. The van der Waals surface area contributed by atoms with E-state index in [1.165, 1.54) is 4.88 Å². The van der Waals surface area contributed by atoms with Gasteiger partial charge in [-0.1, -0.05) is 28.9 Å². The molecule has 1 aromatic carbocycles. The lowest BCUT2D eigenvalue weighted by molar-refractivity contribution is 0.421. The van der Waals surface area contributed by atoms with Gasteiger partial charge in [0.25, 0.3) is 0 Å². The van der Waals surface area contributed by atoms with E-state index < -0.39 is 0 Å². The molecule has 0 bridgehead atoms. The number of phenols is 1. The van der Waals surface area contributed by atoms with Crippen LogP contribution in [0, 0.1) is 0 Å².